The third kappa shape index (κ3) is 85.0. The van der Waals surface area contributed by atoms with Gasteiger partial charge in [0.05, 0.1) is 6.07 Å². The second-order valence-electron chi connectivity index (χ2n) is 2.93. The molecule has 0 bridgehead atoms. The lowest BCUT2D eigenvalue weighted by molar-refractivity contribution is 0.702. The first-order valence-electron chi connectivity index (χ1n) is 5.55. The largest absolute Gasteiger partial charge is 0.199 e. The van der Waals surface area contributed by atoms with Gasteiger partial charge in [-0.15, -0.1) is 0 Å². The molecule has 0 rings (SSSR count). The molecule has 0 fully saturated rings. The maximum atomic E-state index is 7.32. The lowest BCUT2D eigenvalue weighted by Crippen LogP contribution is -1.66. The highest BCUT2D eigenvalue weighted by molar-refractivity contribution is 4.51. The number of hydrogen-bond acceptors (Lipinski definition) is 1. The summed E-state index contributed by atoms with van der Waals surface area (Å²) in [6.45, 7) is 10.3. The summed E-state index contributed by atoms with van der Waals surface area (Å²) in [5.41, 5.74) is 0. The van der Waals surface area contributed by atoms with Crippen molar-refractivity contribution in [3.05, 3.63) is 0 Å². The maximum Gasteiger partial charge on any atom is 0.0587 e. The molecule has 0 spiro atoms. The molecule has 80 valence electrons. The van der Waals surface area contributed by atoms with Gasteiger partial charge in [-0.1, -0.05) is 66.2 Å². The van der Waals surface area contributed by atoms with Gasteiger partial charge in [-0.05, 0) is 0 Å². The van der Waals surface area contributed by atoms with Crippen molar-refractivity contribution in [1.82, 2.24) is 0 Å². The summed E-state index contributed by atoms with van der Waals surface area (Å²) >= 11 is 0. The Morgan fingerprint density at radius 3 is 1.08 bits per heavy atom. The zero-order valence-corrected chi connectivity index (χ0v) is 10.2. The molecule has 0 aliphatic carbocycles. The molecule has 0 atom stereocenters. The van der Waals surface area contributed by atoms with Gasteiger partial charge in [0.2, 0.25) is 0 Å². The summed E-state index contributed by atoms with van der Waals surface area (Å²) in [7, 11) is 0. The lowest BCUT2D eigenvalue weighted by atomic mass is 10.2. The molecule has 0 saturated carbocycles. The van der Waals surface area contributed by atoms with E-state index in [1.54, 1.807) is 6.07 Å². The van der Waals surface area contributed by atoms with Crippen LogP contribution in [-0.2, 0) is 0 Å². The molecule has 0 aromatic rings. The second-order valence-corrected chi connectivity index (χ2v) is 2.93. The summed E-state index contributed by atoms with van der Waals surface area (Å²) in [4.78, 5) is 0. The number of nitriles is 1. The minimum atomic E-state index is 1.32. The first-order valence-corrected chi connectivity index (χ1v) is 5.55. The standard InChI is InChI=1S/C6H14.C4H10.C2H3N/c1-3-5-6-4-2;1-3-4-2;1-2-3/h3-6H2,1-2H3;3-4H2,1-2H3;1H3. The quantitative estimate of drug-likeness (QED) is 0.570. The molecule has 0 aromatic carbocycles. The van der Waals surface area contributed by atoms with E-state index >= 15 is 0 Å². The average Bonchev–Trinajstić information content (AvgIpc) is 2.16. The fourth-order valence-electron chi connectivity index (χ4n) is 0.500. The van der Waals surface area contributed by atoms with Crippen LogP contribution in [0.15, 0.2) is 0 Å². The van der Waals surface area contributed by atoms with Crippen LogP contribution in [0.4, 0.5) is 0 Å². The number of rotatable bonds is 4. The summed E-state index contributed by atoms with van der Waals surface area (Å²) in [5, 5.41) is 7.32. The van der Waals surface area contributed by atoms with Crippen LogP contribution >= 0.6 is 0 Å². The topological polar surface area (TPSA) is 23.8 Å². The van der Waals surface area contributed by atoms with E-state index in [2.05, 4.69) is 27.7 Å². The Hall–Kier alpha value is -0.510. The predicted octanol–water partition coefficient (Wildman–Crippen LogP) is 4.92. The molecular formula is C12H27N. The highest BCUT2D eigenvalue weighted by atomic mass is 14.2. The fourth-order valence-corrected chi connectivity index (χ4v) is 0.500. The average molecular weight is 185 g/mol. The van der Waals surface area contributed by atoms with Crippen LogP contribution in [0.2, 0.25) is 0 Å². The summed E-state index contributed by atoms with van der Waals surface area (Å²) < 4.78 is 0. The van der Waals surface area contributed by atoms with Crippen molar-refractivity contribution in [2.24, 2.45) is 0 Å². The van der Waals surface area contributed by atoms with Crippen LogP contribution in [0, 0.1) is 11.3 Å². The van der Waals surface area contributed by atoms with Gasteiger partial charge >= 0.3 is 0 Å². The molecular weight excluding hydrogens is 158 g/mol. The monoisotopic (exact) mass is 185 g/mol. The van der Waals surface area contributed by atoms with E-state index in [1.807, 2.05) is 0 Å². The first kappa shape index (κ1) is 18.3. The summed E-state index contributed by atoms with van der Waals surface area (Å²) in [6, 6.07) is 1.75. The molecule has 0 saturated heterocycles. The molecule has 0 aliphatic rings. The molecule has 0 N–H and O–H groups in total. The van der Waals surface area contributed by atoms with Crippen LogP contribution in [0.25, 0.3) is 0 Å². The van der Waals surface area contributed by atoms with Crippen molar-refractivity contribution in [3.8, 4) is 6.07 Å². The van der Waals surface area contributed by atoms with Gasteiger partial charge in [-0.3, -0.25) is 0 Å². The van der Waals surface area contributed by atoms with E-state index in [9.17, 15) is 0 Å². The highest BCUT2D eigenvalue weighted by Crippen LogP contribution is 1.95. The maximum absolute atomic E-state index is 7.32. The van der Waals surface area contributed by atoms with Gasteiger partial charge in [0.1, 0.15) is 0 Å². The van der Waals surface area contributed by atoms with Gasteiger partial charge in [0.25, 0.3) is 0 Å². The molecule has 0 aliphatic heterocycles. The Morgan fingerprint density at radius 1 is 0.769 bits per heavy atom. The first-order chi connectivity index (χ1) is 6.24. The van der Waals surface area contributed by atoms with Crippen molar-refractivity contribution < 1.29 is 0 Å². The van der Waals surface area contributed by atoms with Gasteiger partial charge in [-0.2, -0.15) is 5.26 Å². The minimum absolute atomic E-state index is 1.32. The molecule has 0 amide bonds. The van der Waals surface area contributed by atoms with Crippen LogP contribution in [0.3, 0.4) is 0 Å². The van der Waals surface area contributed by atoms with Gasteiger partial charge in [0, 0.05) is 6.92 Å². The van der Waals surface area contributed by atoms with Crippen molar-refractivity contribution >= 4 is 0 Å². The third-order valence-electron chi connectivity index (χ3n) is 1.46. The number of nitrogens with zero attached hydrogens (tertiary/aromatic N) is 1. The molecule has 0 unspecified atom stereocenters. The number of hydrogen-bond donors (Lipinski definition) is 0. The second kappa shape index (κ2) is 30.0. The van der Waals surface area contributed by atoms with E-state index < -0.39 is 0 Å². The molecule has 0 heterocycles. The van der Waals surface area contributed by atoms with Crippen molar-refractivity contribution in [1.29, 1.82) is 5.26 Å². The Morgan fingerprint density at radius 2 is 1.00 bits per heavy atom. The van der Waals surface area contributed by atoms with E-state index in [4.69, 9.17) is 5.26 Å². The normalized spacial score (nSPS) is 7.08. The van der Waals surface area contributed by atoms with Crippen LogP contribution in [0.5, 0.6) is 0 Å². The zero-order valence-electron chi connectivity index (χ0n) is 10.2. The van der Waals surface area contributed by atoms with Gasteiger partial charge < -0.3 is 0 Å². The third-order valence-corrected chi connectivity index (χ3v) is 1.46. The van der Waals surface area contributed by atoms with E-state index in [1.165, 1.54) is 45.4 Å². The Bertz CT molecular complexity index is 75.6. The van der Waals surface area contributed by atoms with E-state index in [0.29, 0.717) is 0 Å². The fraction of sp³-hybridized carbons (Fsp3) is 0.917. The van der Waals surface area contributed by atoms with Crippen molar-refractivity contribution in [2.45, 2.75) is 73.1 Å². The Balaban J connectivity index is -0.000000125. The number of unbranched alkanes of at least 4 members (excludes halogenated alkanes) is 4. The molecule has 13 heavy (non-hydrogen) atoms. The summed E-state index contributed by atoms with van der Waals surface area (Å²) in [6.07, 6.45) is 8.18. The Kier molecular flexibility index (Phi) is 42.3. The van der Waals surface area contributed by atoms with E-state index in [-0.39, 0.29) is 0 Å². The van der Waals surface area contributed by atoms with Crippen LogP contribution in [0.1, 0.15) is 73.1 Å². The van der Waals surface area contributed by atoms with Gasteiger partial charge in [-0.25, -0.2) is 0 Å². The van der Waals surface area contributed by atoms with Gasteiger partial charge in [0.15, 0.2) is 0 Å². The predicted molar refractivity (Wildman–Crippen MR) is 61.7 cm³/mol. The van der Waals surface area contributed by atoms with Crippen LogP contribution < -0.4 is 0 Å². The zero-order chi connectivity index (χ0) is 10.9. The lowest BCUT2D eigenvalue weighted by Gasteiger charge is -1.86. The Labute approximate surface area is 85.2 Å². The smallest absolute Gasteiger partial charge is 0.0587 e. The van der Waals surface area contributed by atoms with Crippen molar-refractivity contribution in [3.63, 3.8) is 0 Å². The molecule has 0 aromatic heterocycles. The van der Waals surface area contributed by atoms with Crippen LogP contribution in [-0.4, -0.2) is 0 Å². The molecule has 1 nitrogen and oxygen atoms in total. The summed E-state index contributed by atoms with van der Waals surface area (Å²) in [5.74, 6) is 0. The highest BCUT2D eigenvalue weighted by Gasteiger charge is 1.75. The molecule has 1 heteroatoms. The minimum Gasteiger partial charge on any atom is -0.199 e. The van der Waals surface area contributed by atoms with E-state index in [0.717, 1.165) is 0 Å². The van der Waals surface area contributed by atoms with Crippen molar-refractivity contribution in [2.75, 3.05) is 0 Å². The molecule has 0 radical (unpaired) electrons. The SMILES string of the molecule is CC#N.CCCC.CCCCCC.